The van der Waals surface area contributed by atoms with E-state index in [1.165, 1.54) is 12.1 Å². The number of aldehydes is 1. The van der Waals surface area contributed by atoms with Crippen molar-refractivity contribution >= 4 is 6.29 Å². The molecule has 0 aliphatic heterocycles. The molecule has 0 bridgehead atoms. The van der Waals surface area contributed by atoms with E-state index < -0.39 is 12.1 Å². The van der Waals surface area contributed by atoms with E-state index >= 15 is 0 Å². The van der Waals surface area contributed by atoms with E-state index in [0.717, 1.165) is 17.2 Å². The zero-order valence-electron chi connectivity index (χ0n) is 12.1. The Hall–Kier alpha value is -2.30. The molecule has 0 aromatic heterocycles. The lowest BCUT2D eigenvalue weighted by molar-refractivity contribution is -0.274. The molecule has 0 atom stereocenters. The Balaban J connectivity index is 2.41. The number of alkyl halides is 3. The van der Waals surface area contributed by atoms with Crippen LogP contribution in [0.25, 0.3) is 11.1 Å². The van der Waals surface area contributed by atoms with Crippen LogP contribution in [0.5, 0.6) is 5.75 Å². The summed E-state index contributed by atoms with van der Waals surface area (Å²) in [5.74, 6) is -0.0421. The summed E-state index contributed by atoms with van der Waals surface area (Å²) in [7, 11) is 0. The number of rotatable bonds is 4. The predicted octanol–water partition coefficient (Wildman–Crippen LogP) is 5.19. The molecule has 0 unspecified atom stereocenters. The number of ether oxygens (including phenoxy) is 1. The van der Waals surface area contributed by atoms with Crippen LogP contribution in [-0.4, -0.2) is 12.6 Å². The fourth-order valence-corrected chi connectivity index (χ4v) is 2.11. The molecule has 0 aliphatic rings. The molecule has 0 radical (unpaired) electrons. The van der Waals surface area contributed by atoms with E-state index in [1.54, 1.807) is 0 Å². The summed E-state index contributed by atoms with van der Waals surface area (Å²) < 4.78 is 40.9. The summed E-state index contributed by atoms with van der Waals surface area (Å²) in [5, 5.41) is 0. The summed E-state index contributed by atoms with van der Waals surface area (Å²) in [6, 6.07) is 11.3. The van der Waals surface area contributed by atoms with Gasteiger partial charge in [-0.05, 0) is 40.8 Å². The second-order valence-corrected chi connectivity index (χ2v) is 5.23. The fourth-order valence-electron chi connectivity index (χ4n) is 2.11. The van der Waals surface area contributed by atoms with Gasteiger partial charge in [0.05, 0.1) is 0 Å². The molecule has 0 aliphatic carbocycles. The Kier molecular flexibility index (Phi) is 4.54. The van der Waals surface area contributed by atoms with Crippen molar-refractivity contribution in [3.05, 3.63) is 53.6 Å². The topological polar surface area (TPSA) is 26.3 Å². The van der Waals surface area contributed by atoms with Crippen LogP contribution < -0.4 is 4.74 Å². The molecule has 0 amide bonds. The van der Waals surface area contributed by atoms with Gasteiger partial charge in [0.15, 0.2) is 0 Å². The Bertz CT molecular complexity index is 659. The third-order valence-corrected chi connectivity index (χ3v) is 3.21. The van der Waals surface area contributed by atoms with Gasteiger partial charge in [-0.25, -0.2) is 0 Å². The molecule has 116 valence electrons. The lowest BCUT2D eigenvalue weighted by Gasteiger charge is -2.12. The first-order chi connectivity index (χ1) is 10.3. The van der Waals surface area contributed by atoms with Crippen LogP contribution in [0.4, 0.5) is 13.2 Å². The minimum Gasteiger partial charge on any atom is -0.406 e. The maximum absolute atomic E-state index is 12.3. The molecule has 22 heavy (non-hydrogen) atoms. The highest BCUT2D eigenvalue weighted by Crippen LogP contribution is 2.30. The zero-order chi connectivity index (χ0) is 16.3. The monoisotopic (exact) mass is 308 g/mol. The van der Waals surface area contributed by atoms with E-state index in [9.17, 15) is 18.0 Å². The van der Waals surface area contributed by atoms with E-state index in [1.807, 2.05) is 24.3 Å². The lowest BCUT2D eigenvalue weighted by Crippen LogP contribution is -2.17. The van der Waals surface area contributed by atoms with Crippen molar-refractivity contribution in [2.75, 3.05) is 0 Å². The summed E-state index contributed by atoms with van der Waals surface area (Å²) in [6.07, 6.45) is -4.30. The number of hydrogen-bond acceptors (Lipinski definition) is 2. The summed E-state index contributed by atoms with van der Waals surface area (Å²) in [6.45, 7) is 4.11. The summed E-state index contributed by atoms with van der Waals surface area (Å²) >= 11 is 0. The molecular formula is C17H15F3O2. The minimum atomic E-state index is -4.79. The molecule has 2 aromatic carbocycles. The van der Waals surface area contributed by atoms with Gasteiger partial charge in [-0.15, -0.1) is 13.2 Å². The molecule has 0 saturated carbocycles. The highest BCUT2D eigenvalue weighted by molar-refractivity contribution is 5.80. The van der Waals surface area contributed by atoms with Gasteiger partial charge in [-0.1, -0.05) is 38.1 Å². The number of carbonyl (C=O) groups excluding carboxylic acids is 1. The SMILES string of the molecule is CC(C)c1ccc(-c2cc(C=O)cc(OC(F)(F)F)c2)cc1. The van der Waals surface area contributed by atoms with Crippen molar-refractivity contribution in [2.45, 2.75) is 26.1 Å². The number of halogens is 3. The molecule has 0 spiro atoms. The highest BCUT2D eigenvalue weighted by atomic mass is 19.4. The second-order valence-electron chi connectivity index (χ2n) is 5.23. The summed E-state index contributed by atoms with van der Waals surface area (Å²) in [4.78, 5) is 10.9. The number of hydrogen-bond donors (Lipinski definition) is 0. The highest BCUT2D eigenvalue weighted by Gasteiger charge is 2.31. The smallest absolute Gasteiger partial charge is 0.406 e. The quantitative estimate of drug-likeness (QED) is 0.727. The van der Waals surface area contributed by atoms with Crippen LogP contribution in [0.2, 0.25) is 0 Å². The van der Waals surface area contributed by atoms with Crippen LogP contribution in [0.1, 0.15) is 35.7 Å². The van der Waals surface area contributed by atoms with Crippen molar-refractivity contribution < 1.29 is 22.7 Å². The lowest BCUT2D eigenvalue weighted by atomic mass is 9.98. The fraction of sp³-hybridized carbons (Fsp3) is 0.235. The van der Waals surface area contributed by atoms with E-state index in [2.05, 4.69) is 18.6 Å². The van der Waals surface area contributed by atoms with Crippen molar-refractivity contribution in [2.24, 2.45) is 0 Å². The first kappa shape index (κ1) is 16.1. The number of benzene rings is 2. The Morgan fingerprint density at radius 2 is 1.64 bits per heavy atom. The molecule has 2 nitrogen and oxygen atoms in total. The third kappa shape index (κ3) is 4.10. The first-order valence-corrected chi connectivity index (χ1v) is 6.75. The van der Waals surface area contributed by atoms with Gasteiger partial charge in [0, 0.05) is 5.56 Å². The molecule has 0 N–H and O–H groups in total. The Morgan fingerprint density at radius 3 is 2.14 bits per heavy atom. The van der Waals surface area contributed by atoms with E-state index in [0.29, 0.717) is 17.8 Å². The van der Waals surface area contributed by atoms with Crippen LogP contribution in [-0.2, 0) is 0 Å². The molecule has 0 saturated heterocycles. The Labute approximate surface area is 126 Å². The van der Waals surface area contributed by atoms with Gasteiger partial charge in [-0.2, -0.15) is 0 Å². The maximum Gasteiger partial charge on any atom is 0.573 e. The zero-order valence-corrected chi connectivity index (χ0v) is 12.1. The third-order valence-electron chi connectivity index (χ3n) is 3.21. The van der Waals surface area contributed by atoms with Crippen LogP contribution >= 0.6 is 0 Å². The van der Waals surface area contributed by atoms with Gasteiger partial charge in [0.2, 0.25) is 0 Å². The van der Waals surface area contributed by atoms with Gasteiger partial charge in [-0.3, -0.25) is 4.79 Å². The van der Waals surface area contributed by atoms with Crippen molar-refractivity contribution in [1.82, 2.24) is 0 Å². The van der Waals surface area contributed by atoms with Crippen molar-refractivity contribution in [3.63, 3.8) is 0 Å². The van der Waals surface area contributed by atoms with Crippen LogP contribution in [0.3, 0.4) is 0 Å². The maximum atomic E-state index is 12.3. The standard InChI is InChI=1S/C17H15F3O2/c1-11(2)13-3-5-14(6-4-13)15-7-12(10-21)8-16(9-15)22-17(18,19)20/h3-11H,1-2H3. The molecular weight excluding hydrogens is 293 g/mol. The van der Waals surface area contributed by atoms with Crippen molar-refractivity contribution in [3.8, 4) is 16.9 Å². The Morgan fingerprint density at radius 1 is 1.00 bits per heavy atom. The molecule has 2 rings (SSSR count). The minimum absolute atomic E-state index is 0.129. The normalized spacial score (nSPS) is 11.5. The van der Waals surface area contributed by atoms with E-state index in [4.69, 9.17) is 0 Å². The predicted molar refractivity (Wildman–Crippen MR) is 78.0 cm³/mol. The molecule has 5 heteroatoms. The largest absolute Gasteiger partial charge is 0.573 e. The number of carbonyl (C=O) groups is 1. The van der Waals surface area contributed by atoms with Gasteiger partial charge in [0.1, 0.15) is 12.0 Å². The van der Waals surface area contributed by atoms with Crippen LogP contribution in [0.15, 0.2) is 42.5 Å². The van der Waals surface area contributed by atoms with Crippen LogP contribution in [0, 0.1) is 0 Å². The summed E-state index contributed by atoms with van der Waals surface area (Å²) in [5.41, 5.74) is 2.48. The molecule has 2 aromatic rings. The molecule has 0 heterocycles. The second kappa shape index (κ2) is 6.22. The van der Waals surface area contributed by atoms with Gasteiger partial charge >= 0.3 is 6.36 Å². The molecule has 0 fully saturated rings. The van der Waals surface area contributed by atoms with Crippen molar-refractivity contribution in [1.29, 1.82) is 0 Å². The first-order valence-electron chi connectivity index (χ1n) is 6.75. The average Bonchev–Trinajstić information content (AvgIpc) is 2.45. The van der Waals surface area contributed by atoms with E-state index in [-0.39, 0.29) is 5.56 Å². The van der Waals surface area contributed by atoms with Gasteiger partial charge < -0.3 is 4.74 Å². The average molecular weight is 308 g/mol. The van der Waals surface area contributed by atoms with Gasteiger partial charge in [0.25, 0.3) is 0 Å².